The molecule has 0 bridgehead atoms. The van der Waals surface area contributed by atoms with E-state index in [9.17, 15) is 0 Å². The molecule has 29 radical (unpaired) electrons. The first kappa shape index (κ1) is 106. The molecule has 0 amide bonds. The molecule has 0 aliphatic carbocycles. The first-order chi connectivity index (χ1) is 0. The molecule has 0 fully saturated rings. The van der Waals surface area contributed by atoms with Crippen LogP contribution >= 0.6 is 0 Å². The standard InChI is InChI=1S/9Ga.2Rh. The summed E-state index contributed by atoms with van der Waals surface area (Å²) in [5.41, 5.74) is 0. The second-order valence-corrected chi connectivity index (χ2v) is 0. The smallest absolute Gasteiger partial charge is 0 e. The predicted octanol–water partition coefficient (Wildman–Crippen LogP) is -3.43. The summed E-state index contributed by atoms with van der Waals surface area (Å²) in [7, 11) is 0. The van der Waals surface area contributed by atoms with Crippen molar-refractivity contribution in [3.8, 4) is 0 Å². The van der Waals surface area contributed by atoms with Crippen molar-refractivity contribution in [2.75, 3.05) is 0 Å². The monoisotopic (exact) mass is 826 g/mol. The molecule has 11 heteroatoms. The normalized spacial score (nSPS) is 0. The fraction of sp³-hybridized carbons (Fsp3) is 0. The van der Waals surface area contributed by atoms with E-state index < -0.39 is 0 Å². The van der Waals surface area contributed by atoms with Gasteiger partial charge < -0.3 is 0 Å². The molecule has 0 saturated heterocycles. The van der Waals surface area contributed by atoms with Crippen LogP contribution in [0.25, 0.3) is 0 Å². The average molecular weight is 833 g/mol. The van der Waals surface area contributed by atoms with E-state index in [0.717, 1.165) is 0 Å². The summed E-state index contributed by atoms with van der Waals surface area (Å²) in [6.07, 6.45) is 0. The van der Waals surface area contributed by atoms with Gasteiger partial charge >= 0.3 is 0 Å². The summed E-state index contributed by atoms with van der Waals surface area (Å²) in [4.78, 5) is 0. The van der Waals surface area contributed by atoms with Crippen LogP contribution in [-0.4, -0.2) is 178 Å². The first-order valence-electron chi connectivity index (χ1n) is 0. The van der Waals surface area contributed by atoms with Crippen molar-refractivity contribution in [1.29, 1.82) is 0 Å². The molecule has 0 saturated carbocycles. The van der Waals surface area contributed by atoms with Crippen molar-refractivity contribution in [3.05, 3.63) is 0 Å². The Balaban J connectivity index is 0. The Hall–Kier alpha value is 6.97. The van der Waals surface area contributed by atoms with Crippen LogP contribution in [0.4, 0.5) is 0 Å². The summed E-state index contributed by atoms with van der Waals surface area (Å²) in [6.45, 7) is 0. The topological polar surface area (TPSA) is 0 Å². The maximum absolute atomic E-state index is 0. The summed E-state index contributed by atoms with van der Waals surface area (Å²) in [6, 6.07) is 0. The van der Waals surface area contributed by atoms with E-state index in [0.29, 0.717) is 0 Å². The molecule has 0 nitrogen and oxygen atoms in total. The van der Waals surface area contributed by atoms with Crippen molar-refractivity contribution < 1.29 is 39.0 Å². The molecule has 0 aliphatic rings. The van der Waals surface area contributed by atoms with Crippen LogP contribution in [0.1, 0.15) is 0 Å². The molecule has 45 valence electrons. The van der Waals surface area contributed by atoms with Crippen molar-refractivity contribution in [1.82, 2.24) is 0 Å². The number of hydrogen-bond donors (Lipinski definition) is 0. The molecular weight excluding hydrogens is 833 g/mol. The maximum atomic E-state index is 0. The quantitative estimate of drug-likeness (QED) is 0.224. The van der Waals surface area contributed by atoms with E-state index >= 15 is 0 Å². The van der Waals surface area contributed by atoms with E-state index in [1.54, 1.807) is 0 Å². The van der Waals surface area contributed by atoms with Gasteiger partial charge in [0, 0.05) is 217 Å². The van der Waals surface area contributed by atoms with Gasteiger partial charge in [-0.2, -0.15) is 0 Å². The fourth-order valence-corrected chi connectivity index (χ4v) is 0. The van der Waals surface area contributed by atoms with Crippen LogP contribution in [0, 0.1) is 0 Å². The van der Waals surface area contributed by atoms with Gasteiger partial charge in [0.1, 0.15) is 0 Å². The molecule has 0 atom stereocenters. The third kappa shape index (κ3) is 78.3. The average Bonchev–Trinajstić information content (AvgIpc) is 0. The zero-order valence-corrected chi connectivity index (χ0v) is 30.9. The van der Waals surface area contributed by atoms with Crippen molar-refractivity contribution in [2.45, 2.75) is 0 Å². The third-order valence-electron chi connectivity index (χ3n) is 0. The Kier molecular flexibility index (Phi) is 862. The minimum absolute atomic E-state index is 0. The Bertz CT molecular complexity index is 7.52. The van der Waals surface area contributed by atoms with E-state index in [1.807, 2.05) is 0 Å². The molecule has 0 rings (SSSR count). The van der Waals surface area contributed by atoms with Crippen LogP contribution in [0.2, 0.25) is 0 Å². The molecule has 0 heterocycles. The van der Waals surface area contributed by atoms with E-state index in [2.05, 4.69) is 0 Å². The summed E-state index contributed by atoms with van der Waals surface area (Å²) in [5.74, 6) is 0. The van der Waals surface area contributed by atoms with Crippen LogP contribution in [0.5, 0.6) is 0 Å². The van der Waals surface area contributed by atoms with Gasteiger partial charge in [0.15, 0.2) is 0 Å². The minimum Gasteiger partial charge on any atom is 0 e. The van der Waals surface area contributed by atoms with Gasteiger partial charge in [-0.05, 0) is 0 Å². The first-order valence-corrected chi connectivity index (χ1v) is 0. The molecule has 0 aromatic carbocycles. The number of hydrogen-bond acceptors (Lipinski definition) is 0. The minimum atomic E-state index is 0. The largest absolute Gasteiger partial charge is 0 e. The van der Waals surface area contributed by atoms with Gasteiger partial charge in [0.05, 0.1) is 0 Å². The van der Waals surface area contributed by atoms with Crippen LogP contribution in [0.3, 0.4) is 0 Å². The molecular formula is Ga9Rh2. The second-order valence-electron chi connectivity index (χ2n) is 0. The van der Waals surface area contributed by atoms with Gasteiger partial charge in [-0.3, -0.25) is 0 Å². The summed E-state index contributed by atoms with van der Waals surface area (Å²) in [5, 5.41) is 0. The van der Waals surface area contributed by atoms with E-state index in [-0.39, 0.29) is 217 Å². The van der Waals surface area contributed by atoms with E-state index in [1.165, 1.54) is 0 Å². The Morgan fingerprint density at radius 2 is 0.182 bits per heavy atom. The van der Waals surface area contributed by atoms with Gasteiger partial charge in [0.2, 0.25) is 0 Å². The summed E-state index contributed by atoms with van der Waals surface area (Å²) < 4.78 is 0. The summed E-state index contributed by atoms with van der Waals surface area (Å²) >= 11 is 0. The maximum Gasteiger partial charge on any atom is 0 e. The SMILES string of the molecule is [Ga].[Ga].[Ga].[Ga].[Ga].[Ga].[Ga].[Ga].[Ga].[Rh].[Rh]. The Morgan fingerprint density at radius 3 is 0.182 bits per heavy atom. The molecule has 0 unspecified atom stereocenters. The Morgan fingerprint density at radius 1 is 0.182 bits per heavy atom. The van der Waals surface area contributed by atoms with E-state index in [4.69, 9.17) is 0 Å². The molecule has 11 heavy (non-hydrogen) atoms. The van der Waals surface area contributed by atoms with Gasteiger partial charge in [-0.1, -0.05) is 0 Å². The molecule has 0 aromatic heterocycles. The Labute approximate surface area is 212 Å². The predicted molar refractivity (Wildman–Crippen MR) is 51.8 cm³/mol. The second kappa shape index (κ2) is 89.1. The van der Waals surface area contributed by atoms with Gasteiger partial charge in [-0.25, -0.2) is 0 Å². The van der Waals surface area contributed by atoms with Crippen molar-refractivity contribution in [3.63, 3.8) is 0 Å². The molecule has 0 aliphatic heterocycles. The van der Waals surface area contributed by atoms with Crippen molar-refractivity contribution >= 4 is 178 Å². The number of rotatable bonds is 0. The van der Waals surface area contributed by atoms with Crippen LogP contribution in [-0.2, 0) is 39.0 Å². The third-order valence-corrected chi connectivity index (χ3v) is 0. The van der Waals surface area contributed by atoms with Crippen molar-refractivity contribution in [2.24, 2.45) is 0 Å². The van der Waals surface area contributed by atoms with Crippen LogP contribution in [0.15, 0.2) is 0 Å². The molecule has 0 N–H and O–H groups in total. The van der Waals surface area contributed by atoms with Gasteiger partial charge in [-0.15, -0.1) is 0 Å². The van der Waals surface area contributed by atoms with Gasteiger partial charge in [0.25, 0.3) is 0 Å². The molecule has 0 spiro atoms. The fourth-order valence-electron chi connectivity index (χ4n) is 0. The van der Waals surface area contributed by atoms with Crippen LogP contribution < -0.4 is 0 Å². The zero-order chi connectivity index (χ0) is 0. The molecule has 0 aromatic rings. The zero-order valence-electron chi connectivity index (χ0n) is 5.86.